The molecule has 3 nitrogen and oxygen atoms in total. The van der Waals surface area contributed by atoms with E-state index in [0.717, 1.165) is 11.3 Å². The van der Waals surface area contributed by atoms with Gasteiger partial charge in [-0.15, -0.1) is 0 Å². The molecule has 0 aromatic heterocycles. The first-order valence-electron chi connectivity index (χ1n) is 4.47. The first kappa shape index (κ1) is 10.6. The van der Waals surface area contributed by atoms with Crippen LogP contribution in [-0.4, -0.2) is 19.7 Å². The molecule has 0 unspecified atom stereocenters. The molecule has 0 fully saturated rings. The van der Waals surface area contributed by atoms with Crippen LogP contribution in [0.25, 0.3) is 0 Å². The Morgan fingerprint density at radius 2 is 2.20 bits per heavy atom. The van der Waals surface area contributed by atoms with Crippen LogP contribution in [0.15, 0.2) is 12.1 Å². The maximum absolute atomic E-state index is 11.4. The molecule has 1 aliphatic rings. The normalized spacial score (nSPS) is 13.9. The van der Waals surface area contributed by atoms with Gasteiger partial charge < -0.3 is 4.74 Å². The number of hydrogen-bond acceptors (Lipinski definition) is 2. The van der Waals surface area contributed by atoms with Gasteiger partial charge in [0.1, 0.15) is 0 Å². The highest BCUT2D eigenvalue weighted by molar-refractivity contribution is 6.42. The molecule has 2 rings (SSSR count). The lowest BCUT2D eigenvalue weighted by atomic mass is 10.2. The number of ether oxygens (including phenoxy) is 1. The monoisotopic (exact) mass is 245 g/mol. The van der Waals surface area contributed by atoms with Gasteiger partial charge in [-0.05, 0) is 24.1 Å². The summed E-state index contributed by atoms with van der Waals surface area (Å²) in [5, 5.41) is 1.04. The summed E-state index contributed by atoms with van der Waals surface area (Å²) >= 11 is 11.9. The molecule has 1 amide bonds. The fraction of sp³-hybridized carbons (Fsp3) is 0.300. The zero-order valence-corrected chi connectivity index (χ0v) is 9.60. The van der Waals surface area contributed by atoms with Gasteiger partial charge in [0, 0.05) is 6.54 Å². The number of methoxy groups -OCH3 is 1. The van der Waals surface area contributed by atoms with E-state index >= 15 is 0 Å². The fourth-order valence-corrected chi connectivity index (χ4v) is 2.15. The molecule has 0 radical (unpaired) electrons. The predicted molar refractivity (Wildman–Crippen MR) is 59.9 cm³/mol. The van der Waals surface area contributed by atoms with Crippen molar-refractivity contribution in [2.45, 2.75) is 6.42 Å². The number of carbonyl (C=O) groups is 1. The quantitative estimate of drug-likeness (QED) is 0.703. The molecular weight excluding hydrogens is 237 g/mol. The van der Waals surface area contributed by atoms with Gasteiger partial charge in [-0.3, -0.25) is 4.90 Å². The Morgan fingerprint density at radius 3 is 2.87 bits per heavy atom. The Morgan fingerprint density at radius 1 is 1.47 bits per heavy atom. The van der Waals surface area contributed by atoms with Gasteiger partial charge in [-0.1, -0.05) is 23.2 Å². The van der Waals surface area contributed by atoms with Crippen LogP contribution < -0.4 is 4.90 Å². The maximum atomic E-state index is 11.4. The van der Waals surface area contributed by atoms with Crippen LogP contribution in [0.2, 0.25) is 10.0 Å². The Kier molecular flexibility index (Phi) is 2.76. The molecule has 15 heavy (non-hydrogen) atoms. The number of amides is 1. The van der Waals surface area contributed by atoms with Crippen molar-refractivity contribution in [3.63, 3.8) is 0 Å². The van der Waals surface area contributed by atoms with Gasteiger partial charge in [-0.25, -0.2) is 4.79 Å². The fourth-order valence-electron chi connectivity index (χ4n) is 1.72. The summed E-state index contributed by atoms with van der Waals surface area (Å²) in [6.07, 6.45) is 0.344. The predicted octanol–water partition coefficient (Wildman–Crippen LogP) is 3.12. The van der Waals surface area contributed by atoms with E-state index in [9.17, 15) is 4.79 Å². The van der Waals surface area contributed by atoms with Crippen molar-refractivity contribution >= 4 is 35.0 Å². The van der Waals surface area contributed by atoms with Crippen molar-refractivity contribution in [1.29, 1.82) is 0 Å². The lowest BCUT2D eigenvalue weighted by molar-refractivity contribution is 0.179. The minimum absolute atomic E-state index is 0.368. The van der Waals surface area contributed by atoms with Crippen LogP contribution in [0.3, 0.4) is 0 Å². The number of carbonyl (C=O) groups excluding carboxylic acids is 1. The van der Waals surface area contributed by atoms with E-state index < -0.39 is 0 Å². The average molecular weight is 246 g/mol. The third kappa shape index (κ3) is 1.66. The molecule has 1 aromatic carbocycles. The summed E-state index contributed by atoms with van der Waals surface area (Å²) < 4.78 is 4.67. The van der Waals surface area contributed by atoms with E-state index in [1.54, 1.807) is 17.0 Å². The Bertz CT molecular complexity index is 420. The molecular formula is C10H9Cl2NO2. The van der Waals surface area contributed by atoms with Gasteiger partial charge in [0.15, 0.2) is 0 Å². The number of halogens is 2. The standard InChI is InChI=1S/C10H9Cl2NO2/c1-15-10(14)13-5-4-6-8(13)3-2-7(11)9(6)12/h2-3H,4-5H2,1H3. The number of rotatable bonds is 0. The highest BCUT2D eigenvalue weighted by atomic mass is 35.5. The van der Waals surface area contributed by atoms with Crippen LogP contribution in [0.1, 0.15) is 5.56 Å². The molecule has 0 spiro atoms. The second-order valence-corrected chi connectivity index (χ2v) is 4.02. The lowest BCUT2D eigenvalue weighted by Gasteiger charge is -2.15. The molecule has 0 bridgehead atoms. The molecule has 1 heterocycles. The highest BCUT2D eigenvalue weighted by Gasteiger charge is 2.27. The first-order valence-corrected chi connectivity index (χ1v) is 5.23. The Labute approximate surface area is 97.5 Å². The molecule has 1 aliphatic heterocycles. The van der Waals surface area contributed by atoms with E-state index in [-0.39, 0.29) is 6.09 Å². The van der Waals surface area contributed by atoms with E-state index in [4.69, 9.17) is 23.2 Å². The van der Waals surface area contributed by atoms with E-state index in [2.05, 4.69) is 4.74 Å². The van der Waals surface area contributed by atoms with E-state index in [0.29, 0.717) is 23.0 Å². The molecule has 5 heteroatoms. The molecule has 80 valence electrons. The van der Waals surface area contributed by atoms with Crippen molar-refractivity contribution < 1.29 is 9.53 Å². The number of fused-ring (bicyclic) bond motifs is 1. The number of hydrogen-bond donors (Lipinski definition) is 0. The van der Waals surface area contributed by atoms with Crippen LogP contribution in [0.5, 0.6) is 0 Å². The highest BCUT2D eigenvalue weighted by Crippen LogP contribution is 2.37. The average Bonchev–Trinajstić information content (AvgIpc) is 2.66. The summed E-state index contributed by atoms with van der Waals surface area (Å²) in [6.45, 7) is 0.585. The van der Waals surface area contributed by atoms with Gasteiger partial charge in [0.05, 0.1) is 22.8 Å². The zero-order valence-electron chi connectivity index (χ0n) is 8.09. The lowest BCUT2D eigenvalue weighted by Crippen LogP contribution is -2.28. The van der Waals surface area contributed by atoms with E-state index in [1.807, 2.05) is 0 Å². The molecule has 0 saturated heterocycles. The van der Waals surface area contributed by atoms with Crippen molar-refractivity contribution in [2.75, 3.05) is 18.6 Å². The third-order valence-corrected chi connectivity index (χ3v) is 3.29. The zero-order chi connectivity index (χ0) is 11.0. The van der Waals surface area contributed by atoms with Crippen molar-refractivity contribution in [1.82, 2.24) is 0 Å². The summed E-state index contributed by atoms with van der Waals surface area (Å²) in [7, 11) is 1.36. The van der Waals surface area contributed by atoms with Crippen molar-refractivity contribution in [3.8, 4) is 0 Å². The molecule has 1 aromatic rings. The molecule has 0 aliphatic carbocycles. The second-order valence-electron chi connectivity index (χ2n) is 3.23. The van der Waals surface area contributed by atoms with E-state index in [1.165, 1.54) is 7.11 Å². The maximum Gasteiger partial charge on any atom is 0.414 e. The largest absolute Gasteiger partial charge is 0.452 e. The molecule has 0 N–H and O–H groups in total. The number of benzene rings is 1. The van der Waals surface area contributed by atoms with Crippen molar-refractivity contribution in [3.05, 3.63) is 27.7 Å². The van der Waals surface area contributed by atoms with Crippen LogP contribution in [0, 0.1) is 0 Å². The summed E-state index contributed by atoms with van der Waals surface area (Å²) in [4.78, 5) is 13.0. The van der Waals surface area contributed by atoms with Gasteiger partial charge >= 0.3 is 6.09 Å². The smallest absolute Gasteiger partial charge is 0.414 e. The second kappa shape index (κ2) is 3.91. The Hall–Kier alpha value is -0.930. The third-order valence-electron chi connectivity index (χ3n) is 2.44. The van der Waals surface area contributed by atoms with Gasteiger partial charge in [-0.2, -0.15) is 0 Å². The minimum atomic E-state index is -0.368. The molecule has 0 saturated carbocycles. The number of anilines is 1. The molecule has 0 atom stereocenters. The van der Waals surface area contributed by atoms with Crippen LogP contribution in [0.4, 0.5) is 10.5 Å². The topological polar surface area (TPSA) is 29.5 Å². The summed E-state index contributed by atoms with van der Waals surface area (Å²) in [5.74, 6) is 0. The van der Waals surface area contributed by atoms with Crippen LogP contribution in [-0.2, 0) is 11.2 Å². The summed E-state index contributed by atoms with van der Waals surface area (Å²) in [5.41, 5.74) is 1.70. The minimum Gasteiger partial charge on any atom is -0.452 e. The van der Waals surface area contributed by atoms with Gasteiger partial charge in [0.25, 0.3) is 0 Å². The first-order chi connectivity index (χ1) is 7.15. The van der Waals surface area contributed by atoms with Crippen molar-refractivity contribution in [2.24, 2.45) is 0 Å². The Balaban J connectivity index is 2.44. The van der Waals surface area contributed by atoms with Crippen LogP contribution >= 0.6 is 23.2 Å². The van der Waals surface area contributed by atoms with Gasteiger partial charge in [0.2, 0.25) is 0 Å². The SMILES string of the molecule is COC(=O)N1CCc2c1ccc(Cl)c2Cl. The number of nitrogens with zero attached hydrogens (tertiary/aromatic N) is 1. The summed E-state index contributed by atoms with van der Waals surface area (Å²) in [6, 6.07) is 3.47.